The van der Waals surface area contributed by atoms with E-state index >= 15 is 0 Å². The highest BCUT2D eigenvalue weighted by atomic mass is 19.4. The van der Waals surface area contributed by atoms with E-state index in [-0.39, 0.29) is 0 Å². The van der Waals surface area contributed by atoms with Crippen LogP contribution in [0, 0.1) is 0 Å². The monoisotopic (exact) mass is 214 g/mol. The van der Waals surface area contributed by atoms with E-state index in [0.29, 0.717) is 5.56 Å². The molecule has 0 aliphatic carbocycles. The van der Waals surface area contributed by atoms with Gasteiger partial charge in [-0.1, -0.05) is 38.1 Å². The van der Waals surface area contributed by atoms with Crippen LogP contribution in [0.2, 0.25) is 0 Å². The average Bonchev–Trinajstić information content (AvgIpc) is 2.17. The number of alkyl halides is 3. The second kappa shape index (κ2) is 3.72. The molecule has 0 fully saturated rings. The van der Waals surface area contributed by atoms with Gasteiger partial charge in [-0.3, -0.25) is 0 Å². The number of benzene rings is 1. The number of rotatable bonds is 2. The van der Waals surface area contributed by atoms with Crippen molar-refractivity contribution in [3.63, 3.8) is 0 Å². The minimum atomic E-state index is -4.28. The zero-order chi connectivity index (χ0) is 11.7. The topological polar surface area (TPSA) is 0 Å². The molecule has 82 valence electrons. The van der Waals surface area contributed by atoms with Crippen LogP contribution in [0.5, 0.6) is 0 Å². The van der Waals surface area contributed by atoms with Gasteiger partial charge in [-0.2, -0.15) is 13.2 Å². The molecule has 15 heavy (non-hydrogen) atoms. The number of halogens is 3. The quantitative estimate of drug-likeness (QED) is 0.648. The van der Waals surface area contributed by atoms with Crippen molar-refractivity contribution in [2.24, 2.45) is 0 Å². The minimum absolute atomic E-state index is 0.443. The molecule has 0 bridgehead atoms. The molecule has 0 spiro atoms. The van der Waals surface area contributed by atoms with E-state index in [1.165, 1.54) is 12.1 Å². The van der Waals surface area contributed by atoms with Crippen molar-refractivity contribution >= 4 is 0 Å². The van der Waals surface area contributed by atoms with Gasteiger partial charge in [0.15, 0.2) is 0 Å². The van der Waals surface area contributed by atoms with Gasteiger partial charge in [0, 0.05) is 5.41 Å². The molecule has 0 aliphatic rings. The third kappa shape index (κ3) is 2.61. The SMILES string of the molecule is C=CC(C)(C)c1cccc(C(F)(F)F)c1. The molecule has 0 amide bonds. The van der Waals surface area contributed by atoms with Gasteiger partial charge in [0.2, 0.25) is 0 Å². The van der Waals surface area contributed by atoms with Gasteiger partial charge in [-0.25, -0.2) is 0 Å². The van der Waals surface area contributed by atoms with Crippen molar-refractivity contribution in [1.29, 1.82) is 0 Å². The van der Waals surface area contributed by atoms with Gasteiger partial charge in [-0.15, -0.1) is 6.58 Å². The maximum atomic E-state index is 12.4. The predicted molar refractivity (Wildman–Crippen MR) is 54.7 cm³/mol. The van der Waals surface area contributed by atoms with Crippen molar-refractivity contribution in [1.82, 2.24) is 0 Å². The lowest BCUT2D eigenvalue weighted by Gasteiger charge is -2.21. The van der Waals surface area contributed by atoms with Crippen molar-refractivity contribution in [3.8, 4) is 0 Å². The Kier molecular flexibility index (Phi) is 2.93. The number of hydrogen-bond acceptors (Lipinski definition) is 0. The van der Waals surface area contributed by atoms with E-state index in [2.05, 4.69) is 6.58 Å². The van der Waals surface area contributed by atoms with Gasteiger partial charge < -0.3 is 0 Å². The first kappa shape index (κ1) is 11.8. The van der Waals surface area contributed by atoms with Crippen molar-refractivity contribution in [2.45, 2.75) is 25.4 Å². The second-order valence-electron chi connectivity index (χ2n) is 4.00. The Hall–Kier alpha value is -1.25. The van der Waals surface area contributed by atoms with Gasteiger partial charge in [0.1, 0.15) is 0 Å². The second-order valence-corrected chi connectivity index (χ2v) is 4.00. The molecule has 3 heteroatoms. The summed E-state index contributed by atoms with van der Waals surface area (Å²) in [5.74, 6) is 0. The van der Waals surface area contributed by atoms with Crippen molar-refractivity contribution in [3.05, 3.63) is 48.0 Å². The first-order chi connectivity index (χ1) is 6.77. The van der Waals surface area contributed by atoms with E-state index in [1.54, 1.807) is 12.1 Å². The van der Waals surface area contributed by atoms with Crippen LogP contribution in [0.15, 0.2) is 36.9 Å². The molecule has 0 saturated heterocycles. The van der Waals surface area contributed by atoms with Crippen molar-refractivity contribution < 1.29 is 13.2 Å². The molecular weight excluding hydrogens is 201 g/mol. The Bertz CT molecular complexity index is 361. The first-order valence-corrected chi connectivity index (χ1v) is 4.59. The summed E-state index contributed by atoms with van der Waals surface area (Å²) in [6.45, 7) is 7.28. The molecule has 0 unspecified atom stereocenters. The lowest BCUT2D eigenvalue weighted by atomic mass is 9.84. The highest BCUT2D eigenvalue weighted by Gasteiger charge is 2.31. The van der Waals surface area contributed by atoms with Gasteiger partial charge in [-0.05, 0) is 11.6 Å². The summed E-state index contributed by atoms with van der Waals surface area (Å²) < 4.78 is 37.3. The summed E-state index contributed by atoms with van der Waals surface area (Å²) in [6.07, 6.45) is -2.64. The summed E-state index contributed by atoms with van der Waals surface area (Å²) in [5, 5.41) is 0. The molecule has 1 rings (SSSR count). The molecule has 0 N–H and O–H groups in total. The molecule has 0 atom stereocenters. The van der Waals surface area contributed by atoms with Crippen molar-refractivity contribution in [2.75, 3.05) is 0 Å². The van der Waals surface area contributed by atoms with Crippen LogP contribution in [0.3, 0.4) is 0 Å². The Balaban J connectivity index is 3.20. The maximum absolute atomic E-state index is 12.4. The molecule has 1 aromatic carbocycles. The molecule has 0 heterocycles. The van der Waals surface area contributed by atoms with E-state index in [0.717, 1.165) is 6.07 Å². The lowest BCUT2D eigenvalue weighted by molar-refractivity contribution is -0.137. The fourth-order valence-corrected chi connectivity index (χ4v) is 1.21. The summed E-state index contributed by atoms with van der Waals surface area (Å²) in [7, 11) is 0. The van der Waals surface area contributed by atoms with E-state index in [9.17, 15) is 13.2 Å². The average molecular weight is 214 g/mol. The normalized spacial score (nSPS) is 12.6. The molecule has 0 aromatic heterocycles. The Morgan fingerprint density at radius 2 is 1.67 bits per heavy atom. The first-order valence-electron chi connectivity index (χ1n) is 4.59. The standard InChI is InChI=1S/C12H13F3/c1-4-11(2,3)9-6-5-7-10(8-9)12(13,14)15/h4-8H,1H2,2-3H3. The Morgan fingerprint density at radius 3 is 2.13 bits per heavy atom. The fraction of sp³-hybridized carbons (Fsp3) is 0.333. The maximum Gasteiger partial charge on any atom is 0.416 e. The molecule has 0 nitrogen and oxygen atoms in total. The zero-order valence-electron chi connectivity index (χ0n) is 8.73. The highest BCUT2D eigenvalue weighted by molar-refractivity contribution is 5.33. The Morgan fingerprint density at radius 1 is 1.13 bits per heavy atom. The van der Waals surface area contributed by atoms with Crippen LogP contribution in [0.1, 0.15) is 25.0 Å². The zero-order valence-corrected chi connectivity index (χ0v) is 8.73. The predicted octanol–water partition coefficient (Wildman–Crippen LogP) is 4.17. The van der Waals surface area contributed by atoms with E-state index in [1.807, 2.05) is 13.8 Å². The van der Waals surface area contributed by atoms with Crippen LogP contribution in [-0.2, 0) is 11.6 Å². The van der Waals surface area contributed by atoms with Crippen LogP contribution in [-0.4, -0.2) is 0 Å². The highest BCUT2D eigenvalue weighted by Crippen LogP contribution is 2.32. The lowest BCUT2D eigenvalue weighted by Crippen LogP contribution is -2.14. The Labute approximate surface area is 87.4 Å². The fourth-order valence-electron chi connectivity index (χ4n) is 1.21. The smallest absolute Gasteiger partial charge is 0.166 e. The van der Waals surface area contributed by atoms with Crippen LogP contribution < -0.4 is 0 Å². The van der Waals surface area contributed by atoms with Gasteiger partial charge in [0.25, 0.3) is 0 Å². The molecule has 1 aromatic rings. The summed E-state index contributed by atoms with van der Waals surface area (Å²) in [4.78, 5) is 0. The molecule has 0 saturated carbocycles. The largest absolute Gasteiger partial charge is 0.416 e. The van der Waals surface area contributed by atoms with E-state index in [4.69, 9.17) is 0 Å². The summed E-state index contributed by atoms with van der Waals surface area (Å²) >= 11 is 0. The number of allylic oxidation sites excluding steroid dienone is 1. The van der Waals surface area contributed by atoms with Crippen LogP contribution >= 0.6 is 0 Å². The minimum Gasteiger partial charge on any atom is -0.166 e. The van der Waals surface area contributed by atoms with Gasteiger partial charge in [0.05, 0.1) is 5.56 Å². The third-order valence-corrected chi connectivity index (χ3v) is 2.44. The molecule has 0 radical (unpaired) electrons. The van der Waals surface area contributed by atoms with Crippen LogP contribution in [0.4, 0.5) is 13.2 Å². The van der Waals surface area contributed by atoms with E-state index < -0.39 is 17.2 Å². The molecule has 0 aliphatic heterocycles. The summed E-state index contributed by atoms with van der Waals surface area (Å²) in [5.41, 5.74) is -0.441. The number of hydrogen-bond donors (Lipinski definition) is 0. The third-order valence-electron chi connectivity index (χ3n) is 2.44. The molecular formula is C12H13F3. The van der Waals surface area contributed by atoms with Gasteiger partial charge >= 0.3 is 6.18 Å². The summed E-state index contributed by atoms with van der Waals surface area (Å²) in [6, 6.07) is 5.34. The van der Waals surface area contributed by atoms with Crippen LogP contribution in [0.25, 0.3) is 0 Å².